The summed E-state index contributed by atoms with van der Waals surface area (Å²) in [4.78, 5) is 0. The second kappa shape index (κ2) is 5.18. The molecule has 0 aromatic heterocycles. The summed E-state index contributed by atoms with van der Waals surface area (Å²) in [6.45, 7) is 0. The number of methoxy groups -OCH3 is 1. The van der Waals surface area contributed by atoms with Gasteiger partial charge in [0.15, 0.2) is 0 Å². The number of nitrogens with zero attached hydrogens (tertiary/aromatic N) is 1. The molecule has 2 aromatic rings. The van der Waals surface area contributed by atoms with Crippen LogP contribution in [0.25, 0.3) is 10.8 Å². The number of rotatable bonds is 3. The quantitative estimate of drug-likeness (QED) is 0.387. The predicted octanol–water partition coefficient (Wildman–Crippen LogP) is -0.464. The minimum absolute atomic E-state index is 0.0227. The number of nitrogens with one attached hydrogen (secondary N) is 1. The number of guanidine groups is 1. The molecule has 0 spiro atoms. The molecule has 0 fully saturated rings. The first-order valence-electron chi connectivity index (χ1n) is 5.45. The fourth-order valence-corrected chi connectivity index (χ4v) is 1.77. The molecule has 18 heavy (non-hydrogen) atoms. The van der Waals surface area contributed by atoms with Gasteiger partial charge in [-0.05, 0) is 16.8 Å². The summed E-state index contributed by atoms with van der Waals surface area (Å²) in [7, 11) is 1.63. The van der Waals surface area contributed by atoms with E-state index >= 15 is 0 Å². The fraction of sp³-hybridized carbons (Fsp3) is 0.0769. The van der Waals surface area contributed by atoms with Gasteiger partial charge in [-0.2, -0.15) is 0 Å². The highest BCUT2D eigenvalue weighted by molar-refractivity contribution is 6.00. The molecule has 0 aliphatic carbocycles. The molecule has 0 radical (unpaired) electrons. The topological polar surface area (TPSA) is 87.6 Å². The van der Waals surface area contributed by atoms with E-state index in [1.54, 1.807) is 13.3 Å². The van der Waals surface area contributed by atoms with E-state index in [4.69, 9.17) is 16.2 Å². The van der Waals surface area contributed by atoms with Gasteiger partial charge in [-0.1, -0.05) is 30.3 Å². The normalized spacial score (nSPS) is 10.7. The number of ether oxygens (including phenoxy) is 1. The van der Waals surface area contributed by atoms with Crippen molar-refractivity contribution >= 4 is 22.9 Å². The number of benzene rings is 2. The number of hydrazone groups is 1. The van der Waals surface area contributed by atoms with Gasteiger partial charge in [0.25, 0.3) is 5.96 Å². The van der Waals surface area contributed by atoms with E-state index in [0.717, 1.165) is 22.1 Å². The predicted molar refractivity (Wildman–Crippen MR) is 72.4 cm³/mol. The SMILES string of the molecule is COc1ccc2ccccc2c1/C=[NH+]/N=C(N)N. The Bertz CT molecular complexity index is 615. The van der Waals surface area contributed by atoms with Gasteiger partial charge in [0.05, 0.1) is 12.7 Å². The monoisotopic (exact) mass is 243 g/mol. The summed E-state index contributed by atoms with van der Waals surface area (Å²) in [6, 6.07) is 11.9. The molecule has 5 N–H and O–H groups in total. The second-order valence-corrected chi connectivity index (χ2v) is 3.71. The summed E-state index contributed by atoms with van der Waals surface area (Å²) in [6.07, 6.45) is 1.71. The van der Waals surface area contributed by atoms with Crippen LogP contribution in [0.5, 0.6) is 5.75 Å². The van der Waals surface area contributed by atoms with Crippen molar-refractivity contribution in [2.45, 2.75) is 0 Å². The molecule has 92 valence electrons. The Morgan fingerprint density at radius 2 is 2.00 bits per heavy atom. The zero-order valence-electron chi connectivity index (χ0n) is 10.1. The molecule has 0 heterocycles. The summed E-state index contributed by atoms with van der Waals surface area (Å²) in [5.41, 5.74) is 11.4. The van der Waals surface area contributed by atoms with Crippen molar-refractivity contribution in [1.29, 1.82) is 0 Å². The van der Waals surface area contributed by atoms with E-state index in [-0.39, 0.29) is 5.96 Å². The zero-order valence-corrected chi connectivity index (χ0v) is 10.1. The van der Waals surface area contributed by atoms with Crippen LogP contribution in [0.4, 0.5) is 0 Å². The van der Waals surface area contributed by atoms with Gasteiger partial charge in [-0.25, -0.2) is 0 Å². The van der Waals surface area contributed by atoms with Crippen LogP contribution in [-0.2, 0) is 0 Å². The summed E-state index contributed by atoms with van der Waals surface area (Å²) in [5, 5.41) is 8.60. The molecule has 0 amide bonds. The number of hydrogen-bond acceptors (Lipinski definition) is 2. The first kappa shape index (κ1) is 11.9. The highest BCUT2D eigenvalue weighted by Gasteiger charge is 2.08. The lowest BCUT2D eigenvalue weighted by atomic mass is 10.0. The van der Waals surface area contributed by atoms with Crippen LogP contribution >= 0.6 is 0 Å². The van der Waals surface area contributed by atoms with Crippen molar-refractivity contribution in [3.8, 4) is 5.75 Å². The Morgan fingerprint density at radius 3 is 2.72 bits per heavy atom. The molecule has 5 nitrogen and oxygen atoms in total. The molecule has 5 heteroatoms. The largest absolute Gasteiger partial charge is 0.496 e. The third kappa shape index (κ3) is 2.40. The van der Waals surface area contributed by atoms with Crippen LogP contribution in [0, 0.1) is 0 Å². The Morgan fingerprint density at radius 1 is 1.22 bits per heavy atom. The maximum absolute atomic E-state index is 5.33. The lowest BCUT2D eigenvalue weighted by Gasteiger charge is -2.05. The van der Waals surface area contributed by atoms with E-state index < -0.39 is 0 Å². The van der Waals surface area contributed by atoms with Gasteiger partial charge in [0.1, 0.15) is 5.75 Å². The van der Waals surface area contributed by atoms with Crippen molar-refractivity contribution in [1.82, 2.24) is 0 Å². The Labute approximate surface area is 105 Å². The van der Waals surface area contributed by atoms with E-state index in [9.17, 15) is 0 Å². The number of nitrogens with two attached hydrogens (primary N) is 2. The van der Waals surface area contributed by atoms with Crippen LogP contribution < -0.4 is 21.3 Å². The van der Waals surface area contributed by atoms with Crippen LogP contribution in [0.3, 0.4) is 0 Å². The average Bonchev–Trinajstić information content (AvgIpc) is 2.38. The highest BCUT2D eigenvalue weighted by atomic mass is 16.5. The third-order valence-electron chi connectivity index (χ3n) is 2.55. The average molecular weight is 243 g/mol. The first-order chi connectivity index (χ1) is 8.72. The van der Waals surface area contributed by atoms with Crippen molar-refractivity contribution in [2.24, 2.45) is 16.6 Å². The number of fused-ring (bicyclic) bond motifs is 1. The Balaban J connectivity index is 2.58. The lowest BCUT2D eigenvalue weighted by Crippen LogP contribution is -2.63. The smallest absolute Gasteiger partial charge is 0.256 e. The Kier molecular flexibility index (Phi) is 3.43. The van der Waals surface area contributed by atoms with Gasteiger partial charge in [-0.3, -0.25) is 0 Å². The molecule has 2 rings (SSSR count). The lowest BCUT2D eigenvalue weighted by molar-refractivity contribution is -0.456. The standard InChI is InChI=1S/C13H14N4O/c1-18-12-7-6-9-4-2-3-5-10(9)11(12)8-16-17-13(14)15/h2-8H,1H3,(H4,14,15,17)/p+1/b16-8+. The molecule has 0 aliphatic heterocycles. The molecule has 0 unspecified atom stereocenters. The first-order valence-corrected chi connectivity index (χ1v) is 5.45. The maximum Gasteiger partial charge on any atom is 0.256 e. The van der Waals surface area contributed by atoms with Gasteiger partial charge >= 0.3 is 0 Å². The second-order valence-electron chi connectivity index (χ2n) is 3.71. The number of hydrogen-bond donors (Lipinski definition) is 3. The van der Waals surface area contributed by atoms with E-state index in [1.807, 2.05) is 36.4 Å². The summed E-state index contributed by atoms with van der Waals surface area (Å²) < 4.78 is 5.33. The molecule has 0 bridgehead atoms. The van der Waals surface area contributed by atoms with E-state index in [2.05, 4.69) is 10.2 Å². The van der Waals surface area contributed by atoms with Crippen LogP contribution in [0.2, 0.25) is 0 Å². The van der Waals surface area contributed by atoms with Gasteiger partial charge in [-0.15, -0.1) is 5.10 Å². The Hall–Kier alpha value is -2.56. The molecular formula is C13H15N4O+. The minimum Gasteiger partial charge on any atom is -0.496 e. The maximum atomic E-state index is 5.33. The van der Waals surface area contributed by atoms with Crippen LogP contribution in [-0.4, -0.2) is 19.3 Å². The van der Waals surface area contributed by atoms with Gasteiger partial charge < -0.3 is 16.2 Å². The molecule has 2 aromatic carbocycles. The third-order valence-corrected chi connectivity index (χ3v) is 2.55. The van der Waals surface area contributed by atoms with Gasteiger partial charge in [0.2, 0.25) is 6.21 Å². The van der Waals surface area contributed by atoms with E-state index in [0.29, 0.717) is 0 Å². The van der Waals surface area contributed by atoms with Gasteiger partial charge in [0, 0.05) is 5.10 Å². The fourth-order valence-electron chi connectivity index (χ4n) is 1.77. The van der Waals surface area contributed by atoms with Crippen LogP contribution in [0.15, 0.2) is 41.5 Å². The molecule has 0 saturated heterocycles. The van der Waals surface area contributed by atoms with Crippen molar-refractivity contribution in [2.75, 3.05) is 7.11 Å². The van der Waals surface area contributed by atoms with Crippen molar-refractivity contribution in [3.63, 3.8) is 0 Å². The molecule has 0 atom stereocenters. The van der Waals surface area contributed by atoms with Crippen molar-refractivity contribution in [3.05, 3.63) is 42.0 Å². The minimum atomic E-state index is -0.0227. The summed E-state index contributed by atoms with van der Waals surface area (Å²) >= 11 is 0. The molecule has 0 saturated carbocycles. The summed E-state index contributed by atoms with van der Waals surface area (Å²) in [5.74, 6) is 0.734. The molecule has 0 aliphatic rings. The highest BCUT2D eigenvalue weighted by Crippen LogP contribution is 2.25. The van der Waals surface area contributed by atoms with Crippen molar-refractivity contribution < 1.29 is 9.84 Å². The van der Waals surface area contributed by atoms with E-state index in [1.165, 1.54) is 0 Å². The molecular weight excluding hydrogens is 228 g/mol. The zero-order chi connectivity index (χ0) is 13.0. The van der Waals surface area contributed by atoms with Crippen LogP contribution in [0.1, 0.15) is 5.56 Å².